The first-order chi connectivity index (χ1) is 8.10. The second kappa shape index (κ2) is 8.62. The second-order valence-corrected chi connectivity index (χ2v) is 3.75. The van der Waals surface area contributed by atoms with Gasteiger partial charge in [0.2, 0.25) is 5.91 Å². The van der Waals surface area contributed by atoms with Crippen LogP contribution in [0.4, 0.5) is 0 Å². The fourth-order valence-electron chi connectivity index (χ4n) is 1.64. The van der Waals surface area contributed by atoms with Gasteiger partial charge in [-0.05, 0) is 32.4 Å². The average molecular weight is 236 g/mol. The van der Waals surface area contributed by atoms with Crippen LogP contribution in [0.1, 0.15) is 20.3 Å². The number of rotatable bonds is 9. The van der Waals surface area contributed by atoms with E-state index in [4.69, 9.17) is 0 Å². The van der Waals surface area contributed by atoms with Crippen molar-refractivity contribution in [3.05, 3.63) is 37.6 Å². The summed E-state index contributed by atoms with van der Waals surface area (Å²) in [5.74, 6) is -0.00176. The van der Waals surface area contributed by atoms with Crippen LogP contribution in [-0.4, -0.2) is 41.9 Å². The smallest absolute Gasteiger partial charge is 0.245 e. The molecule has 0 aliphatic heterocycles. The molecule has 0 fully saturated rings. The molecule has 0 heterocycles. The van der Waals surface area contributed by atoms with Crippen molar-refractivity contribution in [1.82, 2.24) is 9.80 Å². The summed E-state index contributed by atoms with van der Waals surface area (Å²) in [4.78, 5) is 15.4. The third kappa shape index (κ3) is 5.38. The number of hydrogen-bond acceptors (Lipinski definition) is 2. The molecule has 0 rings (SSSR count). The van der Waals surface area contributed by atoms with E-state index >= 15 is 0 Å². The average Bonchev–Trinajstić information content (AvgIpc) is 2.37. The SMILES string of the molecule is C=CC(=C)N(CC)CCCN(CC)C(=O)C=C. The molecule has 3 heteroatoms. The van der Waals surface area contributed by atoms with Gasteiger partial charge in [-0.2, -0.15) is 0 Å². The number of allylic oxidation sites excluding steroid dienone is 1. The van der Waals surface area contributed by atoms with Crippen molar-refractivity contribution in [2.75, 3.05) is 26.2 Å². The lowest BCUT2D eigenvalue weighted by Gasteiger charge is -2.25. The van der Waals surface area contributed by atoms with Crippen molar-refractivity contribution >= 4 is 5.91 Å². The molecule has 0 saturated heterocycles. The van der Waals surface area contributed by atoms with E-state index in [0.29, 0.717) is 0 Å². The highest BCUT2D eigenvalue weighted by molar-refractivity contribution is 5.86. The number of amides is 1. The van der Waals surface area contributed by atoms with Crippen molar-refractivity contribution in [1.29, 1.82) is 0 Å². The van der Waals surface area contributed by atoms with Gasteiger partial charge < -0.3 is 9.80 Å². The van der Waals surface area contributed by atoms with Gasteiger partial charge in [0.1, 0.15) is 0 Å². The summed E-state index contributed by atoms with van der Waals surface area (Å²) in [6.07, 6.45) is 4.05. The highest BCUT2D eigenvalue weighted by atomic mass is 16.2. The number of carbonyl (C=O) groups excluding carboxylic acids is 1. The standard InChI is InChI=1S/C14H24N2O/c1-6-13(5)15(8-3)11-10-12-16(9-4)14(17)7-2/h6-7H,1-2,5,8-12H2,3-4H3. The predicted molar refractivity (Wildman–Crippen MR) is 73.7 cm³/mol. The van der Waals surface area contributed by atoms with E-state index in [1.54, 1.807) is 11.0 Å². The van der Waals surface area contributed by atoms with Crippen LogP contribution in [0.15, 0.2) is 37.6 Å². The maximum absolute atomic E-state index is 11.4. The van der Waals surface area contributed by atoms with Crippen LogP contribution in [0.5, 0.6) is 0 Å². The third-order valence-corrected chi connectivity index (χ3v) is 2.75. The largest absolute Gasteiger partial charge is 0.372 e. The molecule has 0 aromatic rings. The van der Waals surface area contributed by atoms with Gasteiger partial charge in [-0.15, -0.1) is 0 Å². The highest BCUT2D eigenvalue weighted by Crippen LogP contribution is 2.04. The van der Waals surface area contributed by atoms with Gasteiger partial charge in [0.15, 0.2) is 0 Å². The Balaban J connectivity index is 4.10. The molecule has 0 N–H and O–H groups in total. The summed E-state index contributed by atoms with van der Waals surface area (Å²) in [7, 11) is 0. The molecule has 0 aromatic heterocycles. The van der Waals surface area contributed by atoms with Crippen molar-refractivity contribution in [2.24, 2.45) is 0 Å². The fraction of sp³-hybridized carbons (Fsp3) is 0.500. The molecule has 0 unspecified atom stereocenters. The van der Waals surface area contributed by atoms with E-state index in [-0.39, 0.29) is 5.91 Å². The zero-order valence-corrected chi connectivity index (χ0v) is 11.1. The van der Waals surface area contributed by atoms with Crippen LogP contribution in [-0.2, 0) is 4.79 Å². The molecule has 3 nitrogen and oxygen atoms in total. The molecule has 0 radical (unpaired) electrons. The summed E-state index contributed by atoms with van der Waals surface area (Å²) in [6, 6.07) is 0. The molecule has 0 spiro atoms. The third-order valence-electron chi connectivity index (χ3n) is 2.75. The Morgan fingerprint density at radius 2 is 1.59 bits per heavy atom. The van der Waals surface area contributed by atoms with Gasteiger partial charge in [-0.3, -0.25) is 4.79 Å². The molecule has 0 aliphatic rings. The number of nitrogens with zero attached hydrogens (tertiary/aromatic N) is 2. The Morgan fingerprint density at radius 1 is 1.06 bits per heavy atom. The minimum Gasteiger partial charge on any atom is -0.372 e. The Kier molecular flexibility index (Phi) is 7.85. The van der Waals surface area contributed by atoms with E-state index in [2.05, 4.69) is 31.6 Å². The summed E-state index contributed by atoms with van der Waals surface area (Å²) >= 11 is 0. The highest BCUT2D eigenvalue weighted by Gasteiger charge is 2.08. The maximum atomic E-state index is 11.4. The quantitative estimate of drug-likeness (QED) is 0.453. The monoisotopic (exact) mass is 236 g/mol. The lowest BCUT2D eigenvalue weighted by molar-refractivity contribution is -0.125. The molecular weight excluding hydrogens is 212 g/mol. The number of carbonyl (C=O) groups is 1. The maximum Gasteiger partial charge on any atom is 0.245 e. The lowest BCUT2D eigenvalue weighted by atomic mass is 10.3. The molecule has 0 saturated carbocycles. The van der Waals surface area contributed by atoms with Gasteiger partial charge >= 0.3 is 0 Å². The first-order valence-corrected chi connectivity index (χ1v) is 6.08. The van der Waals surface area contributed by atoms with Crippen LogP contribution in [0.25, 0.3) is 0 Å². The number of likely N-dealkylation sites (N-methyl/N-ethyl adjacent to an activating group) is 2. The molecule has 96 valence electrons. The van der Waals surface area contributed by atoms with Crippen LogP contribution < -0.4 is 0 Å². The second-order valence-electron chi connectivity index (χ2n) is 3.75. The molecule has 17 heavy (non-hydrogen) atoms. The summed E-state index contributed by atoms with van der Waals surface area (Å²) in [6.45, 7) is 18.5. The molecular formula is C14H24N2O. The lowest BCUT2D eigenvalue weighted by Crippen LogP contribution is -2.32. The van der Waals surface area contributed by atoms with Gasteiger partial charge in [-0.1, -0.05) is 19.7 Å². The molecule has 0 aliphatic carbocycles. The zero-order valence-electron chi connectivity index (χ0n) is 11.1. The van der Waals surface area contributed by atoms with E-state index in [1.807, 2.05) is 6.92 Å². The van der Waals surface area contributed by atoms with E-state index in [0.717, 1.165) is 38.3 Å². The minimum atomic E-state index is -0.00176. The van der Waals surface area contributed by atoms with Gasteiger partial charge in [-0.25, -0.2) is 0 Å². The number of hydrogen-bond donors (Lipinski definition) is 0. The van der Waals surface area contributed by atoms with E-state index in [1.165, 1.54) is 6.08 Å². The summed E-state index contributed by atoms with van der Waals surface area (Å²) in [5, 5.41) is 0. The van der Waals surface area contributed by atoms with Crippen molar-refractivity contribution < 1.29 is 4.79 Å². The normalized spacial score (nSPS) is 9.53. The predicted octanol–water partition coefficient (Wildman–Crippen LogP) is 2.43. The van der Waals surface area contributed by atoms with E-state index < -0.39 is 0 Å². The topological polar surface area (TPSA) is 23.6 Å². The van der Waals surface area contributed by atoms with Crippen LogP contribution >= 0.6 is 0 Å². The van der Waals surface area contributed by atoms with Gasteiger partial charge in [0.25, 0.3) is 0 Å². The minimum absolute atomic E-state index is 0.00176. The summed E-state index contributed by atoms with van der Waals surface area (Å²) < 4.78 is 0. The molecule has 0 bridgehead atoms. The van der Waals surface area contributed by atoms with Crippen molar-refractivity contribution in [3.63, 3.8) is 0 Å². The van der Waals surface area contributed by atoms with Gasteiger partial charge in [0, 0.05) is 31.9 Å². The first kappa shape index (κ1) is 15.5. The van der Waals surface area contributed by atoms with Crippen LogP contribution in [0.2, 0.25) is 0 Å². The van der Waals surface area contributed by atoms with Crippen LogP contribution in [0, 0.1) is 0 Å². The Hall–Kier alpha value is -1.51. The van der Waals surface area contributed by atoms with E-state index in [9.17, 15) is 4.79 Å². The van der Waals surface area contributed by atoms with Crippen molar-refractivity contribution in [2.45, 2.75) is 20.3 Å². The Bertz CT molecular complexity index is 256. The molecule has 0 atom stereocenters. The summed E-state index contributed by atoms with van der Waals surface area (Å²) in [5.41, 5.74) is 0.936. The molecule has 1 amide bonds. The molecule has 0 aromatic carbocycles. The fourth-order valence-corrected chi connectivity index (χ4v) is 1.64. The van der Waals surface area contributed by atoms with Crippen LogP contribution in [0.3, 0.4) is 0 Å². The first-order valence-electron chi connectivity index (χ1n) is 6.08. The Morgan fingerprint density at radius 3 is 2.00 bits per heavy atom. The van der Waals surface area contributed by atoms with Crippen molar-refractivity contribution in [3.8, 4) is 0 Å². The Labute approximate surface area is 105 Å². The zero-order chi connectivity index (χ0) is 13.3. The van der Waals surface area contributed by atoms with Gasteiger partial charge in [0.05, 0.1) is 0 Å².